The van der Waals surface area contributed by atoms with E-state index in [4.69, 9.17) is 5.11 Å². The summed E-state index contributed by atoms with van der Waals surface area (Å²) in [5.41, 5.74) is 0. The summed E-state index contributed by atoms with van der Waals surface area (Å²) < 4.78 is 24.0. The minimum absolute atomic E-state index is 0.0383. The van der Waals surface area contributed by atoms with Gasteiger partial charge in [0.1, 0.15) is 0 Å². The summed E-state index contributed by atoms with van der Waals surface area (Å²) in [6, 6.07) is -0.101. The van der Waals surface area contributed by atoms with Gasteiger partial charge in [-0.3, -0.25) is 0 Å². The Labute approximate surface area is 105 Å². The number of aliphatic hydroxyl groups is 1. The highest BCUT2D eigenvalue weighted by molar-refractivity contribution is 7.91. The predicted molar refractivity (Wildman–Crippen MR) is 69.8 cm³/mol. The van der Waals surface area contributed by atoms with Gasteiger partial charge in [-0.1, -0.05) is 19.8 Å². The molecule has 0 amide bonds. The molecule has 0 aliphatic heterocycles. The Morgan fingerprint density at radius 2 is 2.00 bits per heavy atom. The number of sulfone groups is 1. The summed E-state index contributed by atoms with van der Waals surface area (Å²) in [5, 5.41) is 12.0. The number of hydrogen-bond acceptors (Lipinski definition) is 4. The third-order valence-electron chi connectivity index (χ3n) is 3.39. The fraction of sp³-hybridized carbons (Fsp3) is 1.00. The zero-order chi connectivity index (χ0) is 12.7. The van der Waals surface area contributed by atoms with E-state index in [1.54, 1.807) is 0 Å². The zero-order valence-electron chi connectivity index (χ0n) is 10.7. The van der Waals surface area contributed by atoms with Crippen LogP contribution in [0.5, 0.6) is 0 Å². The van der Waals surface area contributed by atoms with E-state index in [-0.39, 0.29) is 18.4 Å². The van der Waals surface area contributed by atoms with Gasteiger partial charge in [-0.05, 0) is 31.7 Å². The van der Waals surface area contributed by atoms with E-state index in [0.717, 1.165) is 19.4 Å². The van der Waals surface area contributed by atoms with E-state index >= 15 is 0 Å². The second-order valence-electron chi connectivity index (χ2n) is 4.99. The lowest BCUT2D eigenvalue weighted by molar-refractivity contribution is 0.270. The molecule has 102 valence electrons. The van der Waals surface area contributed by atoms with Crippen LogP contribution in [0.3, 0.4) is 0 Å². The molecular formula is C12H25NO3S. The quantitative estimate of drug-likeness (QED) is 0.684. The summed E-state index contributed by atoms with van der Waals surface area (Å²) in [4.78, 5) is 0. The fourth-order valence-corrected chi connectivity index (χ4v) is 4.68. The van der Waals surface area contributed by atoms with Crippen molar-refractivity contribution in [1.29, 1.82) is 0 Å². The van der Waals surface area contributed by atoms with Crippen LogP contribution in [0.4, 0.5) is 0 Å². The van der Waals surface area contributed by atoms with Crippen LogP contribution in [-0.2, 0) is 9.84 Å². The van der Waals surface area contributed by atoms with Crippen molar-refractivity contribution in [3.05, 3.63) is 0 Å². The number of hydrogen-bond donors (Lipinski definition) is 2. The normalized spacial score (nSPS) is 19.6. The van der Waals surface area contributed by atoms with E-state index in [1.165, 1.54) is 12.8 Å². The average Bonchev–Trinajstić information content (AvgIpc) is 2.69. The Morgan fingerprint density at radius 3 is 2.53 bits per heavy atom. The molecule has 5 heteroatoms. The highest BCUT2D eigenvalue weighted by Gasteiger charge is 2.25. The number of rotatable bonds is 8. The van der Waals surface area contributed by atoms with Crippen LogP contribution in [-0.4, -0.2) is 44.2 Å². The molecule has 2 N–H and O–H groups in total. The third-order valence-corrected chi connectivity index (χ3v) is 5.28. The molecule has 1 rings (SSSR count). The summed E-state index contributed by atoms with van der Waals surface area (Å²) in [6.45, 7) is 2.73. The van der Waals surface area contributed by atoms with Gasteiger partial charge in [-0.25, -0.2) is 8.42 Å². The average molecular weight is 263 g/mol. The van der Waals surface area contributed by atoms with Crippen molar-refractivity contribution in [2.75, 3.05) is 24.7 Å². The molecule has 4 nitrogen and oxygen atoms in total. The molecule has 17 heavy (non-hydrogen) atoms. The van der Waals surface area contributed by atoms with Crippen LogP contribution in [0.2, 0.25) is 0 Å². The summed E-state index contributed by atoms with van der Waals surface area (Å²) in [7, 11) is -2.98. The first-order valence-electron chi connectivity index (χ1n) is 6.62. The van der Waals surface area contributed by atoms with Gasteiger partial charge in [0.05, 0.1) is 11.5 Å². The lowest BCUT2D eigenvalue weighted by Crippen LogP contribution is -2.37. The minimum atomic E-state index is -2.98. The Hall–Kier alpha value is -0.130. The second kappa shape index (κ2) is 7.34. The predicted octanol–water partition coefficient (Wildman–Crippen LogP) is 0.952. The van der Waals surface area contributed by atoms with E-state index in [1.807, 2.05) is 6.92 Å². The lowest BCUT2D eigenvalue weighted by atomic mass is 10.1. The van der Waals surface area contributed by atoms with Gasteiger partial charge in [0.15, 0.2) is 9.84 Å². The number of aliphatic hydroxyl groups excluding tert-OH is 1. The molecule has 1 atom stereocenters. The first-order chi connectivity index (χ1) is 8.07. The van der Waals surface area contributed by atoms with Gasteiger partial charge < -0.3 is 10.4 Å². The Morgan fingerprint density at radius 1 is 1.35 bits per heavy atom. The molecular weight excluding hydrogens is 238 g/mol. The maximum absolute atomic E-state index is 12.0. The summed E-state index contributed by atoms with van der Waals surface area (Å²) >= 11 is 0. The highest BCUT2D eigenvalue weighted by atomic mass is 32.2. The van der Waals surface area contributed by atoms with Gasteiger partial charge in [0, 0.05) is 12.6 Å². The van der Waals surface area contributed by atoms with Crippen molar-refractivity contribution < 1.29 is 13.5 Å². The SMILES string of the molecule is CCNC(CCO)CS(=O)(=O)CC1CCCC1. The molecule has 1 aliphatic carbocycles. The topological polar surface area (TPSA) is 66.4 Å². The third kappa shape index (κ3) is 5.84. The first-order valence-corrected chi connectivity index (χ1v) is 8.44. The molecule has 0 heterocycles. The standard InChI is InChI=1S/C12H25NO3S/c1-2-13-12(7-8-14)10-17(15,16)9-11-5-3-4-6-11/h11-14H,2-10H2,1H3. The van der Waals surface area contributed by atoms with E-state index < -0.39 is 9.84 Å². The zero-order valence-corrected chi connectivity index (χ0v) is 11.5. The Balaban J connectivity index is 2.44. The molecule has 1 unspecified atom stereocenters. The van der Waals surface area contributed by atoms with Crippen molar-refractivity contribution in [1.82, 2.24) is 5.32 Å². The monoisotopic (exact) mass is 263 g/mol. The molecule has 1 aliphatic rings. The molecule has 0 aromatic rings. The molecule has 1 fully saturated rings. The van der Waals surface area contributed by atoms with Crippen molar-refractivity contribution in [3.8, 4) is 0 Å². The van der Waals surface area contributed by atoms with Gasteiger partial charge in [-0.15, -0.1) is 0 Å². The van der Waals surface area contributed by atoms with Gasteiger partial charge in [0.2, 0.25) is 0 Å². The van der Waals surface area contributed by atoms with Crippen LogP contribution in [0.1, 0.15) is 39.0 Å². The van der Waals surface area contributed by atoms with Crippen molar-refractivity contribution in [2.24, 2.45) is 5.92 Å². The summed E-state index contributed by atoms with van der Waals surface area (Å²) in [6.07, 6.45) is 4.98. The first kappa shape index (κ1) is 14.9. The van der Waals surface area contributed by atoms with E-state index in [0.29, 0.717) is 18.1 Å². The summed E-state index contributed by atoms with van der Waals surface area (Å²) in [5.74, 6) is 0.870. The van der Waals surface area contributed by atoms with Gasteiger partial charge >= 0.3 is 0 Å². The van der Waals surface area contributed by atoms with Crippen LogP contribution in [0, 0.1) is 5.92 Å². The van der Waals surface area contributed by atoms with E-state index in [9.17, 15) is 8.42 Å². The largest absolute Gasteiger partial charge is 0.396 e. The maximum Gasteiger partial charge on any atom is 0.152 e. The maximum atomic E-state index is 12.0. The fourth-order valence-electron chi connectivity index (χ4n) is 2.60. The lowest BCUT2D eigenvalue weighted by Gasteiger charge is -2.18. The molecule has 0 spiro atoms. The molecule has 0 bridgehead atoms. The minimum Gasteiger partial charge on any atom is -0.396 e. The second-order valence-corrected chi connectivity index (χ2v) is 7.15. The van der Waals surface area contributed by atoms with Crippen molar-refractivity contribution in [2.45, 2.75) is 45.1 Å². The van der Waals surface area contributed by atoms with Gasteiger partial charge in [0.25, 0.3) is 0 Å². The highest BCUT2D eigenvalue weighted by Crippen LogP contribution is 2.26. The van der Waals surface area contributed by atoms with Gasteiger partial charge in [-0.2, -0.15) is 0 Å². The molecule has 0 saturated heterocycles. The molecule has 0 aromatic heterocycles. The molecule has 1 saturated carbocycles. The van der Waals surface area contributed by atoms with Crippen LogP contribution in [0.15, 0.2) is 0 Å². The molecule has 0 aromatic carbocycles. The van der Waals surface area contributed by atoms with Crippen LogP contribution in [0.25, 0.3) is 0 Å². The molecule has 0 radical (unpaired) electrons. The number of nitrogens with one attached hydrogen (secondary N) is 1. The van der Waals surface area contributed by atoms with Crippen LogP contribution >= 0.6 is 0 Å². The van der Waals surface area contributed by atoms with E-state index in [2.05, 4.69) is 5.32 Å². The van der Waals surface area contributed by atoms with Crippen molar-refractivity contribution in [3.63, 3.8) is 0 Å². The Kier molecular flexibility index (Phi) is 6.44. The van der Waals surface area contributed by atoms with Crippen molar-refractivity contribution >= 4 is 9.84 Å². The smallest absolute Gasteiger partial charge is 0.152 e. The Bertz CT molecular complexity index is 291. The van der Waals surface area contributed by atoms with Crippen LogP contribution < -0.4 is 5.32 Å².